The maximum absolute atomic E-state index is 13.8. The first-order valence-corrected chi connectivity index (χ1v) is 10.3. The number of aromatic nitrogens is 3. The predicted molar refractivity (Wildman–Crippen MR) is 101 cm³/mol. The van der Waals surface area contributed by atoms with Crippen LogP contribution in [0.5, 0.6) is 0 Å². The Morgan fingerprint density at radius 2 is 1.93 bits per heavy atom. The molecule has 7 nitrogen and oxygen atoms in total. The van der Waals surface area contributed by atoms with Gasteiger partial charge in [-0.3, -0.25) is 0 Å². The number of sulfonamides is 1. The molecule has 0 bridgehead atoms. The minimum Gasteiger partial charge on any atom is -0.312 e. The van der Waals surface area contributed by atoms with Crippen molar-refractivity contribution < 1.29 is 12.8 Å². The highest BCUT2D eigenvalue weighted by atomic mass is 35.5. The molecule has 4 rings (SSSR count). The first kappa shape index (κ1) is 20.2. The van der Waals surface area contributed by atoms with Crippen molar-refractivity contribution in [1.29, 1.82) is 0 Å². The number of piperidine rings is 1. The van der Waals surface area contributed by atoms with Crippen molar-refractivity contribution in [2.45, 2.75) is 43.7 Å². The van der Waals surface area contributed by atoms with Gasteiger partial charge in [0.05, 0.1) is 11.4 Å². The van der Waals surface area contributed by atoms with Crippen LogP contribution < -0.4 is 5.32 Å². The average molecular weight is 416 g/mol. The number of rotatable bonds is 3. The summed E-state index contributed by atoms with van der Waals surface area (Å²) in [4.78, 5) is 0.0573. The van der Waals surface area contributed by atoms with E-state index in [0.717, 1.165) is 31.3 Å². The third kappa shape index (κ3) is 3.61. The Kier molecular flexibility index (Phi) is 5.85. The Morgan fingerprint density at radius 3 is 2.67 bits per heavy atom. The van der Waals surface area contributed by atoms with Crippen molar-refractivity contribution >= 4 is 22.4 Å². The van der Waals surface area contributed by atoms with Gasteiger partial charge >= 0.3 is 0 Å². The summed E-state index contributed by atoms with van der Waals surface area (Å²) in [6, 6.07) is 4.20. The van der Waals surface area contributed by atoms with Crippen LogP contribution in [0.15, 0.2) is 23.1 Å². The fourth-order valence-electron chi connectivity index (χ4n) is 3.78. The molecule has 1 aromatic carbocycles. The summed E-state index contributed by atoms with van der Waals surface area (Å²) < 4.78 is 43.2. The second-order valence-electron chi connectivity index (χ2n) is 6.84. The highest BCUT2D eigenvalue weighted by Crippen LogP contribution is 2.31. The van der Waals surface area contributed by atoms with E-state index < -0.39 is 15.8 Å². The number of halogens is 2. The van der Waals surface area contributed by atoms with Gasteiger partial charge in [-0.1, -0.05) is 6.07 Å². The number of benzene rings is 1. The van der Waals surface area contributed by atoms with E-state index in [4.69, 9.17) is 0 Å². The van der Waals surface area contributed by atoms with Gasteiger partial charge in [-0.05, 0) is 31.9 Å². The van der Waals surface area contributed by atoms with Crippen molar-refractivity contribution in [3.05, 3.63) is 41.2 Å². The molecule has 2 aliphatic heterocycles. The number of nitrogens with one attached hydrogen (secondary N) is 1. The fraction of sp³-hybridized carbons (Fsp3) is 0.529. The van der Waals surface area contributed by atoms with Crippen LogP contribution in [0.1, 0.15) is 36.0 Å². The molecule has 2 aromatic rings. The normalized spacial score (nSPS) is 18.7. The largest absolute Gasteiger partial charge is 0.312 e. The summed E-state index contributed by atoms with van der Waals surface area (Å²) in [5.74, 6) is 1.61. The standard InChI is InChI=1S/C17H22FN5O2S.ClH/c1-12-14(18)3-2-4-15(12)26(24,25)22-8-5-13(6-9-22)17-21-20-16-11-19-7-10-23(16)17;/h2-4,13,19H,5-11H2,1H3;1H. The van der Waals surface area contributed by atoms with Gasteiger partial charge in [0.15, 0.2) is 0 Å². The molecule has 0 spiro atoms. The number of hydrogen-bond acceptors (Lipinski definition) is 5. The molecule has 1 N–H and O–H groups in total. The molecule has 27 heavy (non-hydrogen) atoms. The Balaban J connectivity index is 0.00000210. The van der Waals surface area contributed by atoms with Crippen molar-refractivity contribution in [1.82, 2.24) is 24.4 Å². The molecular formula is C17H23ClFN5O2S. The molecule has 0 aliphatic carbocycles. The third-order valence-electron chi connectivity index (χ3n) is 5.31. The van der Waals surface area contributed by atoms with E-state index in [9.17, 15) is 12.8 Å². The van der Waals surface area contributed by atoms with Crippen molar-refractivity contribution in [3.63, 3.8) is 0 Å². The van der Waals surface area contributed by atoms with Gasteiger partial charge in [0.25, 0.3) is 0 Å². The second kappa shape index (κ2) is 7.83. The zero-order valence-corrected chi connectivity index (χ0v) is 16.7. The topological polar surface area (TPSA) is 80.1 Å². The molecule has 10 heteroatoms. The predicted octanol–water partition coefficient (Wildman–Crippen LogP) is 1.82. The van der Waals surface area contributed by atoms with Crippen LogP contribution in [0.25, 0.3) is 0 Å². The summed E-state index contributed by atoms with van der Waals surface area (Å²) in [5.41, 5.74) is 0.175. The number of fused-ring (bicyclic) bond motifs is 1. The van der Waals surface area contributed by atoms with E-state index in [2.05, 4.69) is 20.1 Å². The van der Waals surface area contributed by atoms with Crippen LogP contribution in [0, 0.1) is 12.7 Å². The van der Waals surface area contributed by atoms with Crippen molar-refractivity contribution in [2.24, 2.45) is 0 Å². The molecule has 0 saturated carbocycles. The zero-order valence-electron chi connectivity index (χ0n) is 15.1. The maximum Gasteiger partial charge on any atom is 0.243 e. The van der Waals surface area contributed by atoms with Gasteiger partial charge in [-0.25, -0.2) is 12.8 Å². The summed E-state index contributed by atoms with van der Waals surface area (Å²) in [7, 11) is -3.68. The maximum atomic E-state index is 13.8. The Labute approximate surface area is 164 Å². The van der Waals surface area contributed by atoms with Crippen molar-refractivity contribution in [2.75, 3.05) is 19.6 Å². The van der Waals surface area contributed by atoms with Gasteiger partial charge in [-0.2, -0.15) is 4.31 Å². The lowest BCUT2D eigenvalue weighted by Crippen LogP contribution is -2.39. The molecule has 3 heterocycles. The van der Waals surface area contributed by atoms with Crippen LogP contribution in [0.4, 0.5) is 4.39 Å². The van der Waals surface area contributed by atoms with E-state index in [1.165, 1.54) is 29.4 Å². The molecule has 0 unspecified atom stereocenters. The number of hydrogen-bond donors (Lipinski definition) is 1. The molecule has 0 atom stereocenters. The third-order valence-corrected chi connectivity index (χ3v) is 7.35. The van der Waals surface area contributed by atoms with Gasteiger partial charge in [0.2, 0.25) is 10.0 Å². The van der Waals surface area contributed by atoms with Crippen molar-refractivity contribution in [3.8, 4) is 0 Å². The summed E-state index contributed by atoms with van der Waals surface area (Å²) >= 11 is 0. The van der Waals surface area contributed by atoms with E-state index in [-0.39, 0.29) is 28.8 Å². The molecule has 1 fully saturated rings. The summed E-state index contributed by atoms with van der Waals surface area (Å²) in [6.07, 6.45) is 1.39. The van der Waals surface area contributed by atoms with Crippen LogP contribution in [0.3, 0.4) is 0 Å². The lowest BCUT2D eigenvalue weighted by molar-refractivity contribution is 0.307. The van der Waals surface area contributed by atoms with Crippen LogP contribution in [-0.2, 0) is 23.1 Å². The highest BCUT2D eigenvalue weighted by molar-refractivity contribution is 7.89. The molecular weight excluding hydrogens is 393 g/mol. The van der Waals surface area contributed by atoms with Crippen LogP contribution >= 0.6 is 12.4 Å². The second-order valence-corrected chi connectivity index (χ2v) is 8.75. The summed E-state index contributed by atoms with van der Waals surface area (Å²) in [6.45, 7) is 4.78. The van der Waals surface area contributed by atoms with E-state index in [1.54, 1.807) is 0 Å². The minimum atomic E-state index is -3.68. The first-order valence-electron chi connectivity index (χ1n) is 8.86. The molecule has 1 aromatic heterocycles. The molecule has 2 aliphatic rings. The average Bonchev–Trinajstić information content (AvgIpc) is 3.08. The molecule has 0 amide bonds. The zero-order chi connectivity index (χ0) is 18.3. The minimum absolute atomic E-state index is 0. The van der Waals surface area contributed by atoms with E-state index >= 15 is 0 Å². The smallest absolute Gasteiger partial charge is 0.243 e. The quantitative estimate of drug-likeness (QED) is 0.827. The molecule has 148 valence electrons. The molecule has 0 radical (unpaired) electrons. The monoisotopic (exact) mass is 415 g/mol. The lowest BCUT2D eigenvalue weighted by atomic mass is 9.97. The van der Waals surface area contributed by atoms with E-state index in [0.29, 0.717) is 25.9 Å². The Hall–Kier alpha value is -1.55. The van der Waals surface area contributed by atoms with Gasteiger partial charge in [-0.15, -0.1) is 22.6 Å². The summed E-state index contributed by atoms with van der Waals surface area (Å²) in [5, 5.41) is 11.9. The lowest BCUT2D eigenvalue weighted by Gasteiger charge is -2.31. The molecule has 1 saturated heterocycles. The van der Waals surface area contributed by atoms with Gasteiger partial charge < -0.3 is 9.88 Å². The Morgan fingerprint density at radius 1 is 1.19 bits per heavy atom. The van der Waals surface area contributed by atoms with Crippen LogP contribution in [0.2, 0.25) is 0 Å². The SMILES string of the molecule is Cc1c(F)cccc1S(=O)(=O)N1CCC(c2nnc3n2CCNC3)CC1.Cl. The van der Waals surface area contributed by atoms with E-state index in [1.807, 2.05) is 0 Å². The fourth-order valence-corrected chi connectivity index (χ4v) is 5.48. The highest BCUT2D eigenvalue weighted by Gasteiger charge is 2.33. The van der Waals surface area contributed by atoms with Gasteiger partial charge in [0.1, 0.15) is 17.5 Å². The van der Waals surface area contributed by atoms with Crippen LogP contribution in [-0.4, -0.2) is 47.1 Å². The number of nitrogens with zero attached hydrogens (tertiary/aromatic N) is 4. The Bertz CT molecular complexity index is 925. The first-order chi connectivity index (χ1) is 12.5. The van der Waals surface area contributed by atoms with Gasteiger partial charge in [0, 0.05) is 37.7 Å².